The molecule has 90 valence electrons. The fourth-order valence-electron chi connectivity index (χ4n) is 2.58. The molecule has 16 heavy (non-hydrogen) atoms. The largest absolute Gasteiger partial charge is 0.330 e. The van der Waals surface area contributed by atoms with Crippen molar-refractivity contribution in [3.8, 4) is 0 Å². The van der Waals surface area contributed by atoms with Gasteiger partial charge in [-0.1, -0.05) is 19.8 Å². The lowest BCUT2D eigenvalue weighted by molar-refractivity contribution is 0.464. The van der Waals surface area contributed by atoms with Gasteiger partial charge in [-0.2, -0.15) is 0 Å². The molecule has 4 heteroatoms. The van der Waals surface area contributed by atoms with Crippen LogP contribution in [0.5, 0.6) is 0 Å². The first-order valence-corrected chi connectivity index (χ1v) is 6.32. The molecular formula is C12H22N4. The van der Waals surface area contributed by atoms with Gasteiger partial charge in [-0.3, -0.25) is 0 Å². The molecule has 1 heterocycles. The van der Waals surface area contributed by atoms with Crippen molar-refractivity contribution >= 4 is 0 Å². The highest BCUT2D eigenvalue weighted by atomic mass is 15.3. The van der Waals surface area contributed by atoms with Crippen molar-refractivity contribution in [1.82, 2.24) is 14.8 Å². The highest BCUT2D eigenvalue weighted by molar-refractivity contribution is 4.99. The van der Waals surface area contributed by atoms with Gasteiger partial charge < -0.3 is 10.3 Å². The lowest BCUT2D eigenvalue weighted by Gasteiger charge is -2.17. The van der Waals surface area contributed by atoms with Gasteiger partial charge in [0.2, 0.25) is 0 Å². The lowest BCUT2D eigenvalue weighted by Crippen LogP contribution is -2.18. The molecule has 2 N–H and O–H groups in total. The maximum atomic E-state index is 5.67. The molecular weight excluding hydrogens is 200 g/mol. The first-order valence-electron chi connectivity index (χ1n) is 6.32. The average Bonchev–Trinajstić information content (AvgIpc) is 2.88. The Labute approximate surface area is 97.2 Å². The molecule has 1 aromatic rings. The van der Waals surface area contributed by atoms with E-state index in [1.165, 1.54) is 25.7 Å². The molecule has 1 aliphatic carbocycles. The maximum absolute atomic E-state index is 5.67. The van der Waals surface area contributed by atoms with Crippen molar-refractivity contribution in [1.29, 1.82) is 0 Å². The molecule has 0 amide bonds. The van der Waals surface area contributed by atoms with Crippen LogP contribution in [0.3, 0.4) is 0 Å². The van der Waals surface area contributed by atoms with Crippen LogP contribution in [0.2, 0.25) is 0 Å². The van der Waals surface area contributed by atoms with Gasteiger partial charge >= 0.3 is 0 Å². The lowest BCUT2D eigenvalue weighted by atomic mass is 10.1. The molecule has 1 saturated carbocycles. The molecule has 4 nitrogen and oxygen atoms in total. The maximum Gasteiger partial charge on any atom is 0.133 e. The Hall–Kier alpha value is -0.900. The van der Waals surface area contributed by atoms with E-state index >= 15 is 0 Å². The zero-order chi connectivity index (χ0) is 11.5. The van der Waals surface area contributed by atoms with Crippen LogP contribution in [-0.4, -0.2) is 21.3 Å². The topological polar surface area (TPSA) is 56.7 Å². The Kier molecular flexibility index (Phi) is 3.59. The summed E-state index contributed by atoms with van der Waals surface area (Å²) in [7, 11) is 0. The van der Waals surface area contributed by atoms with Crippen LogP contribution in [0.4, 0.5) is 0 Å². The minimum Gasteiger partial charge on any atom is -0.330 e. The predicted octanol–water partition coefficient (Wildman–Crippen LogP) is 1.84. The van der Waals surface area contributed by atoms with E-state index < -0.39 is 0 Å². The minimum atomic E-state index is 0.490. The number of aryl methyl sites for hydroxylation is 1. The van der Waals surface area contributed by atoms with Gasteiger partial charge in [-0.25, -0.2) is 0 Å². The quantitative estimate of drug-likeness (QED) is 0.845. The second kappa shape index (κ2) is 4.95. The zero-order valence-corrected chi connectivity index (χ0v) is 10.3. The van der Waals surface area contributed by atoms with Crippen LogP contribution in [-0.2, 0) is 6.42 Å². The third-order valence-corrected chi connectivity index (χ3v) is 3.56. The molecule has 0 radical (unpaired) electrons. The number of nitrogens with zero attached hydrogens (tertiary/aromatic N) is 3. The summed E-state index contributed by atoms with van der Waals surface area (Å²) >= 11 is 0. The molecule has 0 aliphatic heterocycles. The van der Waals surface area contributed by atoms with Crippen LogP contribution < -0.4 is 5.73 Å². The van der Waals surface area contributed by atoms with Gasteiger partial charge in [0.25, 0.3) is 0 Å². The van der Waals surface area contributed by atoms with E-state index in [1.54, 1.807) is 0 Å². The van der Waals surface area contributed by atoms with Gasteiger partial charge in [0.15, 0.2) is 0 Å². The highest BCUT2D eigenvalue weighted by Crippen LogP contribution is 2.31. The Morgan fingerprint density at radius 1 is 1.38 bits per heavy atom. The van der Waals surface area contributed by atoms with Crippen LogP contribution >= 0.6 is 0 Å². The highest BCUT2D eigenvalue weighted by Gasteiger charge is 2.22. The van der Waals surface area contributed by atoms with Crippen molar-refractivity contribution in [3.05, 3.63) is 11.6 Å². The van der Waals surface area contributed by atoms with Gasteiger partial charge in [-0.05, 0) is 32.2 Å². The molecule has 0 bridgehead atoms. The van der Waals surface area contributed by atoms with E-state index in [9.17, 15) is 0 Å². The van der Waals surface area contributed by atoms with Crippen molar-refractivity contribution in [3.63, 3.8) is 0 Å². The normalized spacial score (nSPS) is 19.2. The summed E-state index contributed by atoms with van der Waals surface area (Å²) in [5.41, 5.74) is 5.67. The fraction of sp³-hybridized carbons (Fsp3) is 0.833. The smallest absolute Gasteiger partial charge is 0.133 e. The first kappa shape index (κ1) is 11.6. The standard InChI is InChI=1S/C12H22N4/c1-9(8-13)7-12-15-14-10(2)16(12)11-5-3-4-6-11/h9,11H,3-8,13H2,1-2H3. The van der Waals surface area contributed by atoms with Gasteiger partial charge in [0.05, 0.1) is 0 Å². The number of nitrogens with two attached hydrogens (primary N) is 1. The van der Waals surface area contributed by atoms with E-state index in [2.05, 4.69) is 28.6 Å². The molecule has 1 unspecified atom stereocenters. The summed E-state index contributed by atoms with van der Waals surface area (Å²) in [4.78, 5) is 0. The number of hydrogen-bond acceptors (Lipinski definition) is 3. The summed E-state index contributed by atoms with van der Waals surface area (Å²) in [6.45, 7) is 4.95. The van der Waals surface area contributed by atoms with Crippen molar-refractivity contribution in [2.75, 3.05) is 6.54 Å². The Morgan fingerprint density at radius 2 is 2.06 bits per heavy atom. The molecule has 1 fully saturated rings. The molecule has 1 atom stereocenters. The summed E-state index contributed by atoms with van der Waals surface area (Å²) in [6, 6.07) is 0.634. The summed E-state index contributed by atoms with van der Waals surface area (Å²) < 4.78 is 2.35. The predicted molar refractivity (Wildman–Crippen MR) is 64.2 cm³/mol. The van der Waals surface area contributed by atoms with Crippen LogP contribution in [0.15, 0.2) is 0 Å². The summed E-state index contributed by atoms with van der Waals surface area (Å²) in [5, 5.41) is 8.53. The fourth-order valence-corrected chi connectivity index (χ4v) is 2.58. The second-order valence-corrected chi connectivity index (χ2v) is 5.02. The Balaban J connectivity index is 2.18. The minimum absolute atomic E-state index is 0.490. The Bertz CT molecular complexity index is 339. The molecule has 2 rings (SSSR count). The summed E-state index contributed by atoms with van der Waals surface area (Å²) in [5.74, 6) is 2.68. The van der Waals surface area contributed by atoms with E-state index in [-0.39, 0.29) is 0 Å². The molecule has 0 spiro atoms. The zero-order valence-electron chi connectivity index (χ0n) is 10.3. The average molecular weight is 222 g/mol. The van der Waals surface area contributed by atoms with E-state index in [0.717, 1.165) is 24.6 Å². The van der Waals surface area contributed by atoms with E-state index in [0.29, 0.717) is 12.0 Å². The Morgan fingerprint density at radius 3 is 2.69 bits per heavy atom. The second-order valence-electron chi connectivity index (χ2n) is 5.02. The van der Waals surface area contributed by atoms with Crippen molar-refractivity contribution in [2.24, 2.45) is 11.7 Å². The SMILES string of the molecule is Cc1nnc(CC(C)CN)n1C1CCCC1. The molecule has 1 aromatic heterocycles. The van der Waals surface area contributed by atoms with Gasteiger partial charge in [0.1, 0.15) is 11.6 Å². The molecule has 0 saturated heterocycles. The van der Waals surface area contributed by atoms with Gasteiger partial charge in [0, 0.05) is 12.5 Å². The monoisotopic (exact) mass is 222 g/mol. The third-order valence-electron chi connectivity index (χ3n) is 3.56. The van der Waals surface area contributed by atoms with Crippen molar-refractivity contribution in [2.45, 2.75) is 52.0 Å². The number of aromatic nitrogens is 3. The van der Waals surface area contributed by atoms with Crippen molar-refractivity contribution < 1.29 is 0 Å². The van der Waals surface area contributed by atoms with E-state index in [1.807, 2.05) is 0 Å². The summed E-state index contributed by atoms with van der Waals surface area (Å²) in [6.07, 6.45) is 6.20. The van der Waals surface area contributed by atoms with Crippen LogP contribution in [0.1, 0.15) is 50.3 Å². The van der Waals surface area contributed by atoms with E-state index in [4.69, 9.17) is 5.73 Å². The van der Waals surface area contributed by atoms with Gasteiger partial charge in [-0.15, -0.1) is 10.2 Å². The first-order chi connectivity index (χ1) is 7.72. The number of hydrogen-bond donors (Lipinski definition) is 1. The molecule has 0 aromatic carbocycles. The number of rotatable bonds is 4. The molecule has 1 aliphatic rings. The van der Waals surface area contributed by atoms with Crippen LogP contribution in [0, 0.1) is 12.8 Å². The van der Waals surface area contributed by atoms with Crippen LogP contribution in [0.25, 0.3) is 0 Å². The third kappa shape index (κ3) is 2.26.